The van der Waals surface area contributed by atoms with Crippen molar-refractivity contribution in [2.24, 2.45) is 11.5 Å². The Bertz CT molecular complexity index is 236. The van der Waals surface area contributed by atoms with Gasteiger partial charge in [0.05, 0.1) is 0 Å². The lowest BCUT2D eigenvalue weighted by molar-refractivity contribution is 0.0198. The number of ether oxygens (including phenoxy) is 1. The van der Waals surface area contributed by atoms with Crippen molar-refractivity contribution in [3.63, 3.8) is 0 Å². The normalized spacial score (nSPS) is 11.2. The number of hydrogen-bond donors (Lipinski definition) is 3. The van der Waals surface area contributed by atoms with Crippen molar-refractivity contribution in [2.45, 2.75) is 5.85 Å². The molecule has 66 valence electrons. The fourth-order valence-corrected chi connectivity index (χ4v) is 0.740. The summed E-state index contributed by atoms with van der Waals surface area (Å²) in [5, 5.41) is 8.68. The summed E-state index contributed by atoms with van der Waals surface area (Å²) in [6.07, 6.45) is 0. The van der Waals surface area contributed by atoms with Crippen molar-refractivity contribution in [2.75, 3.05) is 6.61 Å². The van der Waals surface area contributed by atoms with E-state index in [0.29, 0.717) is 5.75 Å². The third-order valence-electron chi connectivity index (χ3n) is 1.30. The van der Waals surface area contributed by atoms with E-state index < -0.39 is 12.5 Å². The van der Waals surface area contributed by atoms with Crippen LogP contribution in [0.25, 0.3) is 0 Å². The number of hydrogen-bond acceptors (Lipinski definition) is 4. The summed E-state index contributed by atoms with van der Waals surface area (Å²) in [5.74, 6) is -0.960. The average Bonchev–Trinajstić information content (AvgIpc) is 2.06. The molecule has 0 aromatic heterocycles. The number of aliphatic hydroxyl groups excluding tert-OH is 1. The topological polar surface area (TPSA) is 81.5 Å². The largest absolute Gasteiger partial charge is 0.458 e. The molecule has 5 N–H and O–H groups in total. The van der Waals surface area contributed by atoms with E-state index in [1.807, 2.05) is 6.07 Å². The summed E-state index contributed by atoms with van der Waals surface area (Å²) in [5.41, 5.74) is 10.7. The third-order valence-corrected chi connectivity index (χ3v) is 1.30. The van der Waals surface area contributed by atoms with Crippen molar-refractivity contribution >= 4 is 0 Å². The molecule has 0 fully saturated rings. The van der Waals surface area contributed by atoms with Crippen LogP contribution in [0, 0.1) is 0 Å². The second kappa shape index (κ2) is 3.53. The fraction of sp³-hybridized carbons (Fsp3) is 0.250. The zero-order valence-corrected chi connectivity index (χ0v) is 6.60. The molecule has 0 unspecified atom stereocenters. The lowest BCUT2D eigenvalue weighted by atomic mass is 10.3. The Balaban J connectivity index is 2.64. The SMILES string of the molecule is NC(N)(CO)Oc1ccccc1. The van der Waals surface area contributed by atoms with Crippen LogP contribution in [0.4, 0.5) is 0 Å². The molecule has 0 aliphatic heterocycles. The van der Waals surface area contributed by atoms with Gasteiger partial charge >= 0.3 is 0 Å². The molecule has 0 saturated heterocycles. The highest BCUT2D eigenvalue weighted by Gasteiger charge is 2.18. The molecule has 0 spiro atoms. The van der Waals surface area contributed by atoms with Crippen LogP contribution in [0.1, 0.15) is 0 Å². The van der Waals surface area contributed by atoms with Gasteiger partial charge in [0.2, 0.25) is 5.85 Å². The summed E-state index contributed by atoms with van der Waals surface area (Å²) in [6, 6.07) is 8.86. The molecule has 0 bridgehead atoms. The molecular formula is C8H12N2O2. The molecule has 12 heavy (non-hydrogen) atoms. The maximum absolute atomic E-state index is 8.68. The highest BCUT2D eigenvalue weighted by Crippen LogP contribution is 2.11. The summed E-state index contributed by atoms with van der Waals surface area (Å²) >= 11 is 0. The predicted octanol–water partition coefficient (Wildman–Crippen LogP) is -0.371. The molecule has 0 amide bonds. The summed E-state index contributed by atoms with van der Waals surface area (Å²) in [6.45, 7) is -0.429. The molecule has 4 nitrogen and oxygen atoms in total. The van der Waals surface area contributed by atoms with Crippen molar-refractivity contribution in [3.05, 3.63) is 30.3 Å². The van der Waals surface area contributed by atoms with E-state index in [9.17, 15) is 0 Å². The smallest absolute Gasteiger partial charge is 0.236 e. The Morgan fingerprint density at radius 1 is 1.25 bits per heavy atom. The van der Waals surface area contributed by atoms with Gasteiger partial charge < -0.3 is 9.84 Å². The van der Waals surface area contributed by atoms with E-state index in [2.05, 4.69) is 0 Å². The zero-order valence-electron chi connectivity index (χ0n) is 6.60. The van der Waals surface area contributed by atoms with Crippen LogP contribution in [-0.4, -0.2) is 17.6 Å². The number of rotatable bonds is 3. The molecule has 1 aromatic carbocycles. The highest BCUT2D eigenvalue weighted by atomic mass is 16.5. The molecule has 0 radical (unpaired) electrons. The van der Waals surface area contributed by atoms with E-state index in [1.165, 1.54) is 0 Å². The van der Waals surface area contributed by atoms with Gasteiger partial charge in [0.15, 0.2) is 0 Å². The maximum Gasteiger partial charge on any atom is 0.236 e. The van der Waals surface area contributed by atoms with Gasteiger partial charge in [-0.2, -0.15) is 0 Å². The highest BCUT2D eigenvalue weighted by molar-refractivity contribution is 5.21. The monoisotopic (exact) mass is 168 g/mol. The van der Waals surface area contributed by atoms with Crippen molar-refractivity contribution in [1.29, 1.82) is 0 Å². The van der Waals surface area contributed by atoms with Crippen LogP contribution in [0.2, 0.25) is 0 Å². The second-order valence-corrected chi connectivity index (χ2v) is 2.53. The van der Waals surface area contributed by atoms with Crippen molar-refractivity contribution < 1.29 is 9.84 Å². The van der Waals surface area contributed by atoms with Gasteiger partial charge in [-0.15, -0.1) is 0 Å². The first-order valence-corrected chi connectivity index (χ1v) is 3.57. The van der Waals surface area contributed by atoms with Crippen LogP contribution in [0.3, 0.4) is 0 Å². The second-order valence-electron chi connectivity index (χ2n) is 2.53. The van der Waals surface area contributed by atoms with Crippen LogP contribution in [0.5, 0.6) is 5.75 Å². The summed E-state index contributed by atoms with van der Waals surface area (Å²) in [7, 11) is 0. The van der Waals surface area contributed by atoms with E-state index >= 15 is 0 Å². The third kappa shape index (κ3) is 2.50. The Kier molecular flexibility index (Phi) is 2.65. The number of nitrogens with two attached hydrogens (primary N) is 2. The Labute approximate surface area is 70.7 Å². The van der Waals surface area contributed by atoms with Crippen LogP contribution < -0.4 is 16.2 Å². The van der Waals surface area contributed by atoms with Gasteiger partial charge in [-0.05, 0) is 12.1 Å². The van der Waals surface area contributed by atoms with Gasteiger partial charge in [-0.3, -0.25) is 11.5 Å². The summed E-state index contributed by atoms with van der Waals surface area (Å²) < 4.78 is 5.06. The number of para-hydroxylation sites is 1. The minimum atomic E-state index is -1.50. The fourth-order valence-electron chi connectivity index (χ4n) is 0.740. The van der Waals surface area contributed by atoms with Crippen LogP contribution in [-0.2, 0) is 0 Å². The standard InChI is InChI=1S/C8H12N2O2/c9-8(10,6-11)12-7-4-2-1-3-5-7/h1-5,11H,6,9-10H2. The maximum atomic E-state index is 8.68. The molecule has 0 aliphatic rings. The molecule has 1 rings (SSSR count). The molecular weight excluding hydrogens is 156 g/mol. The van der Waals surface area contributed by atoms with Gasteiger partial charge in [0.25, 0.3) is 0 Å². The molecule has 0 saturated carbocycles. The van der Waals surface area contributed by atoms with E-state index in [4.69, 9.17) is 21.3 Å². The number of benzene rings is 1. The van der Waals surface area contributed by atoms with E-state index in [1.54, 1.807) is 24.3 Å². The van der Waals surface area contributed by atoms with Crippen LogP contribution in [0.15, 0.2) is 30.3 Å². The molecule has 0 aliphatic carbocycles. The Hall–Kier alpha value is -1.10. The number of aliphatic hydroxyl groups is 1. The van der Waals surface area contributed by atoms with Crippen molar-refractivity contribution in [1.82, 2.24) is 0 Å². The first kappa shape index (κ1) is 8.99. The molecule has 0 heterocycles. The lowest BCUT2D eigenvalue weighted by Crippen LogP contribution is -2.57. The Morgan fingerprint density at radius 3 is 2.33 bits per heavy atom. The average molecular weight is 168 g/mol. The molecule has 0 atom stereocenters. The summed E-state index contributed by atoms with van der Waals surface area (Å²) in [4.78, 5) is 0. The quantitative estimate of drug-likeness (QED) is 0.538. The van der Waals surface area contributed by atoms with Gasteiger partial charge in [-0.1, -0.05) is 18.2 Å². The van der Waals surface area contributed by atoms with Gasteiger partial charge in [-0.25, -0.2) is 0 Å². The minimum Gasteiger partial charge on any atom is -0.458 e. The van der Waals surface area contributed by atoms with Crippen LogP contribution >= 0.6 is 0 Å². The minimum absolute atomic E-state index is 0.429. The van der Waals surface area contributed by atoms with E-state index in [-0.39, 0.29) is 0 Å². The van der Waals surface area contributed by atoms with Gasteiger partial charge in [0, 0.05) is 0 Å². The molecule has 1 aromatic rings. The predicted molar refractivity (Wildman–Crippen MR) is 45.3 cm³/mol. The Morgan fingerprint density at radius 2 is 1.83 bits per heavy atom. The van der Waals surface area contributed by atoms with Gasteiger partial charge in [0.1, 0.15) is 12.4 Å². The first-order valence-electron chi connectivity index (χ1n) is 3.57. The first-order chi connectivity index (χ1) is 5.64. The van der Waals surface area contributed by atoms with Crippen molar-refractivity contribution in [3.8, 4) is 5.75 Å². The molecule has 4 heteroatoms. The lowest BCUT2D eigenvalue weighted by Gasteiger charge is -2.22. The zero-order chi connectivity index (χ0) is 9.03. The van der Waals surface area contributed by atoms with E-state index in [0.717, 1.165) is 0 Å².